The SMILES string of the molecule is CCC(CC)CNC(=NC)NCc1ccc(CN2CCCN(C)CC2)cc1. The lowest BCUT2D eigenvalue weighted by Gasteiger charge is -2.20. The quantitative estimate of drug-likeness (QED) is 0.543. The Morgan fingerprint density at radius 3 is 2.37 bits per heavy atom. The van der Waals surface area contributed by atoms with E-state index in [9.17, 15) is 0 Å². The van der Waals surface area contributed by atoms with Crippen molar-refractivity contribution in [2.24, 2.45) is 10.9 Å². The molecular weight excluding hydrogens is 334 g/mol. The largest absolute Gasteiger partial charge is 0.356 e. The summed E-state index contributed by atoms with van der Waals surface area (Å²) in [7, 11) is 4.06. The van der Waals surface area contributed by atoms with Crippen LogP contribution in [0.4, 0.5) is 0 Å². The zero-order valence-corrected chi connectivity index (χ0v) is 17.8. The van der Waals surface area contributed by atoms with Crippen molar-refractivity contribution >= 4 is 5.96 Å². The van der Waals surface area contributed by atoms with Crippen molar-refractivity contribution in [3.8, 4) is 0 Å². The maximum Gasteiger partial charge on any atom is 0.191 e. The minimum Gasteiger partial charge on any atom is -0.356 e. The van der Waals surface area contributed by atoms with E-state index >= 15 is 0 Å². The maximum absolute atomic E-state index is 4.34. The van der Waals surface area contributed by atoms with E-state index in [0.717, 1.165) is 32.1 Å². The highest BCUT2D eigenvalue weighted by atomic mass is 15.2. The van der Waals surface area contributed by atoms with Gasteiger partial charge in [-0.2, -0.15) is 0 Å². The lowest BCUT2D eigenvalue weighted by atomic mass is 10.0. The van der Waals surface area contributed by atoms with Crippen LogP contribution >= 0.6 is 0 Å². The van der Waals surface area contributed by atoms with Crippen molar-refractivity contribution in [1.29, 1.82) is 0 Å². The van der Waals surface area contributed by atoms with Gasteiger partial charge in [0.1, 0.15) is 0 Å². The number of hydrogen-bond acceptors (Lipinski definition) is 3. The van der Waals surface area contributed by atoms with Gasteiger partial charge in [0.05, 0.1) is 0 Å². The molecule has 1 aromatic carbocycles. The lowest BCUT2D eigenvalue weighted by Crippen LogP contribution is -2.39. The van der Waals surface area contributed by atoms with E-state index in [1.807, 2.05) is 7.05 Å². The fourth-order valence-electron chi connectivity index (χ4n) is 3.50. The Hall–Kier alpha value is -1.59. The standard InChI is InChI=1S/C22H39N5/c1-5-19(6-2)16-24-22(23-3)25-17-20-8-10-21(11-9-20)18-27-13-7-12-26(4)14-15-27/h8-11,19H,5-7,12-18H2,1-4H3,(H2,23,24,25). The van der Waals surface area contributed by atoms with Crippen LogP contribution in [0.5, 0.6) is 0 Å². The first-order chi connectivity index (χ1) is 13.1. The van der Waals surface area contributed by atoms with Crippen LogP contribution in [0.1, 0.15) is 44.2 Å². The van der Waals surface area contributed by atoms with E-state index in [1.54, 1.807) is 0 Å². The molecule has 152 valence electrons. The summed E-state index contributed by atoms with van der Waals surface area (Å²) in [6, 6.07) is 9.01. The molecule has 0 saturated carbocycles. The second kappa shape index (κ2) is 12.0. The van der Waals surface area contributed by atoms with Gasteiger partial charge >= 0.3 is 0 Å². The van der Waals surface area contributed by atoms with Crippen LogP contribution in [-0.4, -0.2) is 62.6 Å². The summed E-state index contributed by atoms with van der Waals surface area (Å²) >= 11 is 0. The number of hydrogen-bond donors (Lipinski definition) is 2. The van der Waals surface area contributed by atoms with Crippen LogP contribution < -0.4 is 10.6 Å². The Morgan fingerprint density at radius 2 is 1.70 bits per heavy atom. The Kier molecular flexibility index (Phi) is 9.64. The minimum absolute atomic E-state index is 0.710. The molecule has 2 N–H and O–H groups in total. The van der Waals surface area contributed by atoms with Crippen LogP contribution in [0.2, 0.25) is 0 Å². The van der Waals surface area contributed by atoms with Gasteiger partial charge in [-0.1, -0.05) is 51.0 Å². The summed E-state index contributed by atoms with van der Waals surface area (Å²) in [5.41, 5.74) is 2.69. The number of benzene rings is 1. The van der Waals surface area contributed by atoms with Crippen molar-refractivity contribution in [1.82, 2.24) is 20.4 Å². The molecule has 5 nitrogen and oxygen atoms in total. The maximum atomic E-state index is 4.34. The zero-order chi connectivity index (χ0) is 19.5. The van der Waals surface area contributed by atoms with Gasteiger partial charge in [0.2, 0.25) is 0 Å². The highest BCUT2D eigenvalue weighted by Crippen LogP contribution is 2.10. The fraction of sp³-hybridized carbons (Fsp3) is 0.682. The molecule has 0 amide bonds. The van der Waals surface area contributed by atoms with Crippen molar-refractivity contribution in [2.45, 2.75) is 46.2 Å². The van der Waals surface area contributed by atoms with Gasteiger partial charge in [0.25, 0.3) is 0 Å². The molecule has 0 aromatic heterocycles. The molecule has 27 heavy (non-hydrogen) atoms. The average Bonchev–Trinajstić information content (AvgIpc) is 2.90. The topological polar surface area (TPSA) is 42.9 Å². The van der Waals surface area contributed by atoms with Gasteiger partial charge in [-0.05, 0) is 43.6 Å². The number of aliphatic imine (C=N–C) groups is 1. The highest BCUT2D eigenvalue weighted by Gasteiger charge is 2.12. The molecule has 0 bridgehead atoms. The molecule has 1 heterocycles. The third-order valence-electron chi connectivity index (χ3n) is 5.64. The van der Waals surface area contributed by atoms with Crippen LogP contribution in [0.15, 0.2) is 29.3 Å². The predicted octanol–water partition coefficient (Wildman–Crippen LogP) is 2.93. The van der Waals surface area contributed by atoms with Crippen molar-refractivity contribution in [3.63, 3.8) is 0 Å². The lowest BCUT2D eigenvalue weighted by molar-refractivity contribution is 0.269. The molecular formula is C22H39N5. The summed E-state index contributed by atoms with van der Waals surface area (Å²) < 4.78 is 0. The summed E-state index contributed by atoms with van der Waals surface area (Å²) in [4.78, 5) is 9.34. The summed E-state index contributed by atoms with van der Waals surface area (Å²) in [5, 5.41) is 6.87. The van der Waals surface area contributed by atoms with Crippen molar-refractivity contribution < 1.29 is 0 Å². The highest BCUT2D eigenvalue weighted by molar-refractivity contribution is 5.79. The second-order valence-corrected chi connectivity index (χ2v) is 7.74. The van der Waals surface area contributed by atoms with E-state index in [4.69, 9.17) is 0 Å². The van der Waals surface area contributed by atoms with Crippen LogP contribution in [0, 0.1) is 5.92 Å². The predicted molar refractivity (Wildman–Crippen MR) is 116 cm³/mol. The van der Waals surface area contributed by atoms with Crippen LogP contribution in [0.3, 0.4) is 0 Å². The van der Waals surface area contributed by atoms with Gasteiger partial charge in [0, 0.05) is 39.8 Å². The van der Waals surface area contributed by atoms with E-state index in [-0.39, 0.29) is 0 Å². The van der Waals surface area contributed by atoms with E-state index < -0.39 is 0 Å². The van der Waals surface area contributed by atoms with Gasteiger partial charge in [-0.15, -0.1) is 0 Å². The molecule has 1 aliphatic rings. The molecule has 5 heteroatoms. The Morgan fingerprint density at radius 1 is 1.00 bits per heavy atom. The smallest absolute Gasteiger partial charge is 0.191 e. The van der Waals surface area contributed by atoms with Gasteiger partial charge < -0.3 is 15.5 Å². The van der Waals surface area contributed by atoms with Crippen LogP contribution in [-0.2, 0) is 13.1 Å². The number of likely N-dealkylation sites (N-methyl/N-ethyl adjacent to an activating group) is 1. The van der Waals surface area contributed by atoms with Crippen LogP contribution in [0.25, 0.3) is 0 Å². The molecule has 0 radical (unpaired) electrons. The molecule has 2 rings (SSSR count). The third-order valence-corrected chi connectivity index (χ3v) is 5.64. The van der Waals surface area contributed by atoms with Crippen molar-refractivity contribution in [2.75, 3.05) is 46.8 Å². The molecule has 1 aliphatic heterocycles. The van der Waals surface area contributed by atoms with Gasteiger partial charge in [0.15, 0.2) is 5.96 Å². The number of nitrogens with zero attached hydrogens (tertiary/aromatic N) is 3. The molecule has 1 fully saturated rings. The Bertz CT molecular complexity index is 550. The van der Waals surface area contributed by atoms with E-state index in [1.165, 1.54) is 50.0 Å². The summed E-state index contributed by atoms with van der Waals surface area (Å²) in [6.07, 6.45) is 3.67. The van der Waals surface area contributed by atoms with E-state index in [2.05, 4.69) is 70.6 Å². The first-order valence-electron chi connectivity index (χ1n) is 10.6. The summed E-state index contributed by atoms with van der Waals surface area (Å²) in [6.45, 7) is 12.1. The molecule has 0 unspecified atom stereocenters. The van der Waals surface area contributed by atoms with Crippen molar-refractivity contribution in [3.05, 3.63) is 35.4 Å². The molecule has 1 saturated heterocycles. The molecule has 0 aliphatic carbocycles. The second-order valence-electron chi connectivity index (χ2n) is 7.74. The summed E-state index contributed by atoms with van der Waals surface area (Å²) in [5.74, 6) is 1.60. The number of rotatable bonds is 8. The third kappa shape index (κ3) is 7.89. The molecule has 1 aromatic rings. The van der Waals surface area contributed by atoms with E-state index in [0.29, 0.717) is 5.92 Å². The first kappa shape index (κ1) is 21.7. The molecule has 0 spiro atoms. The average molecular weight is 374 g/mol. The Labute approximate surface area is 166 Å². The van der Waals surface area contributed by atoms with Gasteiger partial charge in [-0.3, -0.25) is 9.89 Å². The monoisotopic (exact) mass is 373 g/mol. The normalized spacial score (nSPS) is 17.1. The zero-order valence-electron chi connectivity index (χ0n) is 17.8. The Balaban J connectivity index is 1.77. The number of guanidine groups is 1. The van der Waals surface area contributed by atoms with Gasteiger partial charge in [-0.25, -0.2) is 0 Å². The minimum atomic E-state index is 0.710. The molecule has 0 atom stereocenters. The fourth-order valence-corrected chi connectivity index (χ4v) is 3.50. The number of nitrogens with one attached hydrogen (secondary N) is 2. The first-order valence-corrected chi connectivity index (χ1v) is 10.6.